The van der Waals surface area contributed by atoms with Crippen molar-refractivity contribution in [2.45, 2.75) is 79.0 Å². The highest BCUT2D eigenvalue weighted by Gasteiger charge is 2.38. The van der Waals surface area contributed by atoms with Crippen LogP contribution in [0.1, 0.15) is 61.3 Å². The summed E-state index contributed by atoms with van der Waals surface area (Å²) in [6, 6.07) is -1.39. The van der Waals surface area contributed by atoms with Gasteiger partial charge in [-0.25, -0.2) is 4.79 Å². The van der Waals surface area contributed by atoms with Gasteiger partial charge in [-0.05, 0) is 46.0 Å². The van der Waals surface area contributed by atoms with Crippen molar-refractivity contribution in [3.8, 4) is 0 Å². The summed E-state index contributed by atoms with van der Waals surface area (Å²) in [4.78, 5) is 40.8. The zero-order chi connectivity index (χ0) is 20.3. The highest BCUT2D eigenvalue weighted by atomic mass is 16.6. The van der Waals surface area contributed by atoms with Crippen molar-refractivity contribution in [3.63, 3.8) is 0 Å². The van der Waals surface area contributed by atoms with Crippen LogP contribution in [-0.2, 0) is 14.3 Å². The molecule has 1 aliphatic heterocycles. The van der Waals surface area contributed by atoms with Gasteiger partial charge in [-0.15, -0.1) is 0 Å². The van der Waals surface area contributed by atoms with E-state index in [2.05, 4.69) is 5.32 Å². The van der Waals surface area contributed by atoms with Crippen molar-refractivity contribution in [3.05, 3.63) is 0 Å². The minimum atomic E-state index is -0.749. The zero-order valence-electron chi connectivity index (χ0n) is 17.5. The van der Waals surface area contributed by atoms with Gasteiger partial charge >= 0.3 is 6.09 Å². The molecule has 0 saturated carbocycles. The van der Waals surface area contributed by atoms with Gasteiger partial charge in [-0.1, -0.05) is 20.8 Å². The summed E-state index contributed by atoms with van der Waals surface area (Å²) in [5.74, 6) is -0.429. The summed E-state index contributed by atoms with van der Waals surface area (Å²) < 4.78 is 5.30. The van der Waals surface area contributed by atoms with Crippen molar-refractivity contribution in [2.75, 3.05) is 20.1 Å². The van der Waals surface area contributed by atoms with E-state index in [1.807, 2.05) is 20.8 Å². The van der Waals surface area contributed by atoms with Crippen LogP contribution in [0.5, 0.6) is 0 Å². The Hall–Kier alpha value is -1.79. The number of rotatable bonds is 4. The first kappa shape index (κ1) is 22.3. The Bertz CT molecular complexity index is 528. The number of carbonyl (C=O) groups is 3. The summed E-state index contributed by atoms with van der Waals surface area (Å²) in [6.45, 7) is 14.2. The third-order valence-electron chi connectivity index (χ3n) is 4.46. The zero-order valence-corrected chi connectivity index (χ0v) is 17.5. The molecule has 1 fully saturated rings. The van der Waals surface area contributed by atoms with E-state index in [4.69, 9.17) is 4.74 Å². The fraction of sp³-hybridized carbons (Fsp3) is 0.842. The average Bonchev–Trinajstić information content (AvgIpc) is 3.01. The first-order valence-corrected chi connectivity index (χ1v) is 9.29. The summed E-state index contributed by atoms with van der Waals surface area (Å²) in [5, 5.41) is 2.85. The molecule has 0 aromatic heterocycles. The first-order valence-electron chi connectivity index (χ1n) is 9.29. The number of ether oxygens (including phenoxy) is 1. The number of likely N-dealkylation sites (tertiary alicyclic amines) is 1. The van der Waals surface area contributed by atoms with Crippen LogP contribution < -0.4 is 5.32 Å². The van der Waals surface area contributed by atoms with E-state index in [1.54, 1.807) is 32.6 Å². The largest absolute Gasteiger partial charge is 0.444 e. The van der Waals surface area contributed by atoms with Crippen LogP contribution in [0.4, 0.5) is 4.79 Å². The van der Waals surface area contributed by atoms with Gasteiger partial charge in [0.2, 0.25) is 11.8 Å². The first-order chi connectivity index (χ1) is 11.7. The second-order valence-corrected chi connectivity index (χ2v) is 9.11. The molecule has 0 radical (unpaired) electrons. The summed E-state index contributed by atoms with van der Waals surface area (Å²) in [5.41, 5.74) is -1.07. The molecular weight excluding hydrogens is 334 g/mol. The van der Waals surface area contributed by atoms with Gasteiger partial charge < -0.3 is 15.0 Å². The molecule has 1 rings (SSSR count). The van der Waals surface area contributed by atoms with E-state index in [0.29, 0.717) is 0 Å². The van der Waals surface area contributed by atoms with E-state index >= 15 is 0 Å². The second kappa shape index (κ2) is 8.27. The Kier molecular flexibility index (Phi) is 7.08. The van der Waals surface area contributed by atoms with Crippen LogP contribution in [-0.4, -0.2) is 65.5 Å². The van der Waals surface area contributed by atoms with Gasteiger partial charge in [0.05, 0.1) is 0 Å². The summed E-state index contributed by atoms with van der Waals surface area (Å²) in [7, 11) is 1.52. The Balaban J connectivity index is 2.82. The molecular formula is C19H35N3O4. The van der Waals surface area contributed by atoms with Crippen molar-refractivity contribution >= 4 is 17.9 Å². The molecule has 1 saturated heterocycles. The van der Waals surface area contributed by atoms with E-state index in [-0.39, 0.29) is 11.8 Å². The molecule has 3 amide bonds. The number of likely N-dealkylation sites (N-methyl/N-ethyl adjacent to an activating group) is 1. The Labute approximate surface area is 157 Å². The van der Waals surface area contributed by atoms with E-state index < -0.39 is 29.2 Å². The van der Waals surface area contributed by atoms with Gasteiger partial charge in [0.15, 0.2) is 0 Å². The number of hydrogen-bond donors (Lipinski definition) is 1. The Morgan fingerprint density at radius 1 is 1.04 bits per heavy atom. The smallest absolute Gasteiger partial charge is 0.410 e. The van der Waals surface area contributed by atoms with Gasteiger partial charge in [0.1, 0.15) is 17.7 Å². The fourth-order valence-corrected chi connectivity index (χ4v) is 2.70. The quantitative estimate of drug-likeness (QED) is 0.825. The van der Waals surface area contributed by atoms with Crippen molar-refractivity contribution in [2.24, 2.45) is 5.41 Å². The molecule has 7 nitrogen and oxygen atoms in total. The van der Waals surface area contributed by atoms with E-state index in [1.165, 1.54) is 11.9 Å². The molecule has 0 aromatic carbocycles. The van der Waals surface area contributed by atoms with Gasteiger partial charge in [0, 0.05) is 20.1 Å². The number of nitrogens with zero attached hydrogens (tertiary/aromatic N) is 2. The van der Waals surface area contributed by atoms with Crippen LogP contribution in [0, 0.1) is 5.41 Å². The normalized spacial score (nSPS) is 17.5. The van der Waals surface area contributed by atoms with Crippen LogP contribution in [0.25, 0.3) is 0 Å². The summed E-state index contributed by atoms with van der Waals surface area (Å²) >= 11 is 0. The lowest BCUT2D eigenvalue weighted by Crippen LogP contribution is -2.58. The fourth-order valence-electron chi connectivity index (χ4n) is 2.70. The summed E-state index contributed by atoms with van der Waals surface area (Å²) in [6.07, 6.45) is 1.42. The van der Waals surface area contributed by atoms with Crippen molar-refractivity contribution in [1.82, 2.24) is 15.1 Å². The number of amides is 3. The molecule has 1 heterocycles. The highest BCUT2D eigenvalue weighted by molar-refractivity contribution is 5.91. The molecule has 0 bridgehead atoms. The Morgan fingerprint density at radius 2 is 1.54 bits per heavy atom. The molecule has 0 unspecified atom stereocenters. The van der Waals surface area contributed by atoms with Crippen molar-refractivity contribution < 1.29 is 19.1 Å². The van der Waals surface area contributed by atoms with Crippen LogP contribution in [0.3, 0.4) is 0 Å². The van der Waals surface area contributed by atoms with E-state index in [9.17, 15) is 14.4 Å². The highest BCUT2D eigenvalue weighted by Crippen LogP contribution is 2.23. The SMILES string of the molecule is C[C@@H](C(=O)N[C@H](C(=O)N1CCCC1)C(C)(C)C)N(C)C(=O)OC(C)(C)C. The molecule has 2 atom stereocenters. The monoisotopic (exact) mass is 369 g/mol. The van der Waals surface area contributed by atoms with Crippen LogP contribution >= 0.6 is 0 Å². The molecule has 150 valence electrons. The van der Waals surface area contributed by atoms with Crippen LogP contribution in [0.15, 0.2) is 0 Å². The molecule has 26 heavy (non-hydrogen) atoms. The maximum absolute atomic E-state index is 12.8. The lowest BCUT2D eigenvalue weighted by atomic mass is 9.85. The maximum atomic E-state index is 12.8. The van der Waals surface area contributed by atoms with Crippen molar-refractivity contribution in [1.29, 1.82) is 0 Å². The minimum Gasteiger partial charge on any atom is -0.444 e. The number of nitrogens with one attached hydrogen (secondary N) is 1. The topological polar surface area (TPSA) is 79.0 Å². The predicted molar refractivity (Wildman–Crippen MR) is 101 cm³/mol. The standard InChI is InChI=1S/C19H35N3O4/c1-13(21(8)17(25)26-19(5,6)7)15(23)20-14(18(2,3)4)16(24)22-11-9-10-12-22/h13-14H,9-12H2,1-8H3,(H,20,23)/t13-,14+/m0/s1. The third-order valence-corrected chi connectivity index (χ3v) is 4.46. The molecule has 1 aliphatic rings. The third kappa shape index (κ3) is 6.18. The lowest BCUT2D eigenvalue weighted by Gasteiger charge is -2.35. The van der Waals surface area contributed by atoms with Gasteiger partial charge in [0.25, 0.3) is 0 Å². The number of carbonyl (C=O) groups excluding carboxylic acids is 3. The molecule has 1 N–H and O–H groups in total. The molecule has 0 aliphatic carbocycles. The van der Waals surface area contributed by atoms with Gasteiger partial charge in [-0.2, -0.15) is 0 Å². The second-order valence-electron chi connectivity index (χ2n) is 9.11. The lowest BCUT2D eigenvalue weighted by molar-refractivity contribution is -0.139. The molecule has 7 heteroatoms. The average molecular weight is 370 g/mol. The predicted octanol–water partition coefficient (Wildman–Crippen LogP) is 2.40. The maximum Gasteiger partial charge on any atom is 0.410 e. The van der Waals surface area contributed by atoms with Crippen LogP contribution in [0.2, 0.25) is 0 Å². The Morgan fingerprint density at radius 3 is 1.96 bits per heavy atom. The van der Waals surface area contributed by atoms with Gasteiger partial charge in [-0.3, -0.25) is 14.5 Å². The minimum absolute atomic E-state index is 0.0597. The number of hydrogen-bond acceptors (Lipinski definition) is 4. The van der Waals surface area contributed by atoms with E-state index in [0.717, 1.165) is 25.9 Å². The molecule has 0 spiro atoms. The molecule has 0 aromatic rings.